The van der Waals surface area contributed by atoms with Crippen LogP contribution in [0.3, 0.4) is 0 Å². The summed E-state index contributed by atoms with van der Waals surface area (Å²) in [4.78, 5) is 46.5. The van der Waals surface area contributed by atoms with Crippen LogP contribution in [0.1, 0.15) is 181 Å². The molecule has 1 heterocycles. The summed E-state index contributed by atoms with van der Waals surface area (Å²) in [6.45, 7) is 11.9. The highest BCUT2D eigenvalue weighted by molar-refractivity contribution is 5.70. The van der Waals surface area contributed by atoms with Crippen molar-refractivity contribution in [2.24, 2.45) is 0 Å². The first-order chi connectivity index (χ1) is 29.0. The molecule has 0 aliphatic rings. The van der Waals surface area contributed by atoms with Crippen LogP contribution in [0.15, 0.2) is 61.0 Å². The Kier molecular flexibility index (Phi) is 37.5. The predicted molar refractivity (Wildman–Crippen MR) is 246 cm³/mol. The van der Waals surface area contributed by atoms with Crippen molar-refractivity contribution in [3.63, 3.8) is 0 Å². The molecule has 1 aromatic rings. The topological polar surface area (TPSA) is 98.3 Å². The summed E-state index contributed by atoms with van der Waals surface area (Å²) >= 11 is 0. The Hall–Kier alpha value is -3.46. The number of rotatable bonds is 41. The second-order valence-corrected chi connectivity index (χ2v) is 15.7. The summed E-state index contributed by atoms with van der Waals surface area (Å²) in [6, 6.07) is 4.02. The van der Waals surface area contributed by atoms with Crippen molar-refractivity contribution >= 4 is 23.6 Å². The van der Waals surface area contributed by atoms with Crippen LogP contribution >= 0.6 is 0 Å². The lowest BCUT2D eigenvalue weighted by Crippen LogP contribution is -2.32. The van der Waals surface area contributed by atoms with Gasteiger partial charge in [0.25, 0.3) is 0 Å². The normalized spacial score (nSPS) is 11.7. The van der Waals surface area contributed by atoms with Gasteiger partial charge in [-0.05, 0) is 135 Å². The summed E-state index contributed by atoms with van der Waals surface area (Å²) in [6.07, 6.45) is 41.1. The number of anilines is 1. The highest BCUT2D eigenvalue weighted by atomic mass is 16.5. The lowest BCUT2D eigenvalue weighted by atomic mass is 10.2. The van der Waals surface area contributed by atoms with Gasteiger partial charge in [-0.1, -0.05) is 95.8 Å². The third-order valence-electron chi connectivity index (χ3n) is 10.2. The number of hydrogen-bond donors (Lipinski definition) is 0. The lowest BCUT2D eigenvalue weighted by molar-refractivity contribution is -0.144. The Morgan fingerprint density at radius 1 is 0.458 bits per heavy atom. The number of nitrogens with zero attached hydrogens (tertiary/aromatic N) is 3. The SMILES string of the molecule is CCCCC/C=C\CCCOC(=O)CCCN(CCCC(=O)OCCC/C=C\CCCCC)CCCN(CCCC(=O)OCCC/C=C\CCCCC)c1ccncc1. The Labute approximate surface area is 360 Å². The molecule has 336 valence electrons. The van der Waals surface area contributed by atoms with Crippen molar-refractivity contribution in [2.45, 2.75) is 181 Å². The summed E-state index contributed by atoms with van der Waals surface area (Å²) in [5, 5.41) is 0. The summed E-state index contributed by atoms with van der Waals surface area (Å²) in [5.74, 6) is -0.430. The molecule has 0 aliphatic heterocycles. The van der Waals surface area contributed by atoms with E-state index in [1.165, 1.54) is 57.8 Å². The second-order valence-electron chi connectivity index (χ2n) is 15.7. The van der Waals surface area contributed by atoms with Gasteiger partial charge >= 0.3 is 17.9 Å². The van der Waals surface area contributed by atoms with Crippen LogP contribution in [0.25, 0.3) is 0 Å². The van der Waals surface area contributed by atoms with Crippen molar-refractivity contribution < 1.29 is 28.6 Å². The molecule has 0 amide bonds. The molecule has 0 atom stereocenters. The van der Waals surface area contributed by atoms with E-state index in [9.17, 15) is 14.4 Å². The number of aromatic nitrogens is 1. The number of ether oxygens (including phenoxy) is 3. The molecule has 0 radical (unpaired) electrons. The first-order valence-electron chi connectivity index (χ1n) is 23.8. The third-order valence-corrected chi connectivity index (χ3v) is 10.2. The minimum absolute atomic E-state index is 0.140. The zero-order valence-corrected chi connectivity index (χ0v) is 37.9. The third kappa shape index (κ3) is 35.0. The maximum absolute atomic E-state index is 12.5. The Balaban J connectivity index is 2.58. The highest BCUT2D eigenvalue weighted by Gasteiger charge is 2.13. The number of hydrogen-bond acceptors (Lipinski definition) is 9. The van der Waals surface area contributed by atoms with Gasteiger partial charge < -0.3 is 24.0 Å². The van der Waals surface area contributed by atoms with Crippen LogP contribution in [0.5, 0.6) is 0 Å². The fourth-order valence-electron chi connectivity index (χ4n) is 6.68. The van der Waals surface area contributed by atoms with Gasteiger partial charge in [0, 0.05) is 50.4 Å². The average molecular weight is 824 g/mol. The van der Waals surface area contributed by atoms with Crippen LogP contribution in [-0.2, 0) is 28.6 Å². The molecule has 0 spiro atoms. The minimum atomic E-state index is -0.145. The van der Waals surface area contributed by atoms with Crippen LogP contribution in [0.4, 0.5) is 5.69 Å². The van der Waals surface area contributed by atoms with Gasteiger partial charge in [-0.2, -0.15) is 0 Å². The van der Waals surface area contributed by atoms with E-state index in [1.807, 2.05) is 12.1 Å². The molecule has 59 heavy (non-hydrogen) atoms. The van der Waals surface area contributed by atoms with E-state index in [0.29, 0.717) is 58.3 Å². The second kappa shape index (κ2) is 41.3. The van der Waals surface area contributed by atoms with Crippen LogP contribution in [-0.4, -0.2) is 80.3 Å². The van der Waals surface area contributed by atoms with Crippen molar-refractivity contribution in [2.75, 3.05) is 57.4 Å². The molecular formula is C50H85N3O6. The molecule has 0 bridgehead atoms. The first kappa shape index (κ1) is 53.6. The molecule has 0 N–H and O–H groups in total. The quantitative estimate of drug-likeness (QED) is 0.0277. The van der Waals surface area contributed by atoms with Crippen LogP contribution < -0.4 is 4.90 Å². The van der Waals surface area contributed by atoms with E-state index in [-0.39, 0.29) is 17.9 Å². The van der Waals surface area contributed by atoms with E-state index in [2.05, 4.69) is 72.0 Å². The van der Waals surface area contributed by atoms with Gasteiger partial charge in [0.1, 0.15) is 0 Å². The molecule has 0 saturated heterocycles. The Morgan fingerprint density at radius 3 is 1.19 bits per heavy atom. The van der Waals surface area contributed by atoms with Crippen molar-refractivity contribution in [3.05, 3.63) is 61.0 Å². The Bertz CT molecular complexity index is 1170. The highest BCUT2D eigenvalue weighted by Crippen LogP contribution is 2.15. The number of unbranched alkanes of at least 4 members (excludes halogenated alkanes) is 12. The molecule has 9 nitrogen and oxygen atoms in total. The van der Waals surface area contributed by atoms with Crippen molar-refractivity contribution in [1.29, 1.82) is 0 Å². The zero-order valence-electron chi connectivity index (χ0n) is 37.9. The van der Waals surface area contributed by atoms with E-state index >= 15 is 0 Å². The molecule has 1 aromatic heterocycles. The molecule has 0 aliphatic carbocycles. The number of allylic oxidation sites excluding steroid dienone is 6. The van der Waals surface area contributed by atoms with Crippen LogP contribution in [0.2, 0.25) is 0 Å². The molecule has 0 fully saturated rings. The van der Waals surface area contributed by atoms with Crippen molar-refractivity contribution in [1.82, 2.24) is 9.88 Å². The zero-order chi connectivity index (χ0) is 42.7. The monoisotopic (exact) mass is 824 g/mol. The number of pyridine rings is 1. The fraction of sp³-hybridized carbons (Fsp3) is 0.720. The summed E-state index contributed by atoms with van der Waals surface area (Å²) in [7, 11) is 0. The Morgan fingerprint density at radius 2 is 0.797 bits per heavy atom. The maximum atomic E-state index is 12.5. The van der Waals surface area contributed by atoms with Crippen LogP contribution in [0, 0.1) is 0 Å². The van der Waals surface area contributed by atoms with E-state index in [0.717, 1.165) is 103 Å². The standard InChI is InChI=1S/C50H85N3O6/c1-4-7-10-13-16-19-22-25-44-57-48(54)32-28-39-52(40-29-33-49(55)58-45-26-23-20-17-14-11-8-5-2)41-31-43-53(47-35-37-51-38-36-47)42-30-34-50(56)59-46-27-24-21-18-15-12-9-6-3/h16-21,35-38H,4-15,22-34,39-46H2,1-3H3/b19-16-,20-17-,21-18-. The molecule has 9 heteroatoms. The lowest BCUT2D eigenvalue weighted by Gasteiger charge is -2.27. The number of carbonyl (C=O) groups is 3. The number of esters is 3. The first-order valence-corrected chi connectivity index (χ1v) is 23.8. The molecular weight excluding hydrogens is 739 g/mol. The maximum Gasteiger partial charge on any atom is 0.305 e. The van der Waals surface area contributed by atoms with Crippen molar-refractivity contribution in [3.8, 4) is 0 Å². The summed E-state index contributed by atoms with van der Waals surface area (Å²) < 4.78 is 16.6. The van der Waals surface area contributed by atoms with E-state index in [1.54, 1.807) is 12.4 Å². The summed E-state index contributed by atoms with van der Waals surface area (Å²) in [5.41, 5.74) is 1.08. The number of carbonyl (C=O) groups excluding carboxylic acids is 3. The fourth-order valence-corrected chi connectivity index (χ4v) is 6.68. The van der Waals surface area contributed by atoms with Gasteiger partial charge in [-0.3, -0.25) is 19.4 Å². The predicted octanol–water partition coefficient (Wildman–Crippen LogP) is 12.3. The largest absolute Gasteiger partial charge is 0.466 e. The van der Waals surface area contributed by atoms with Gasteiger partial charge in [-0.25, -0.2) is 0 Å². The molecule has 1 rings (SSSR count). The minimum Gasteiger partial charge on any atom is -0.466 e. The molecule has 0 unspecified atom stereocenters. The van der Waals surface area contributed by atoms with Gasteiger partial charge in [-0.15, -0.1) is 0 Å². The van der Waals surface area contributed by atoms with Gasteiger partial charge in [0.2, 0.25) is 0 Å². The molecule has 0 saturated carbocycles. The van der Waals surface area contributed by atoms with Gasteiger partial charge in [0.15, 0.2) is 0 Å². The van der Waals surface area contributed by atoms with Gasteiger partial charge in [0.05, 0.1) is 19.8 Å². The average Bonchev–Trinajstić information content (AvgIpc) is 3.24. The smallest absolute Gasteiger partial charge is 0.305 e. The molecule has 0 aromatic carbocycles. The van der Waals surface area contributed by atoms with E-state index < -0.39 is 0 Å². The van der Waals surface area contributed by atoms with E-state index in [4.69, 9.17) is 14.2 Å².